The molecule has 3 aromatic rings. The number of aromatic amines is 1. The molecule has 2 heterocycles. The molecule has 4 heteroatoms. The molecule has 0 unspecified atom stereocenters. The third-order valence-electron chi connectivity index (χ3n) is 3.57. The monoisotopic (exact) mass is 281 g/mol. The van der Waals surface area contributed by atoms with E-state index in [1.54, 1.807) is 7.11 Å². The third-order valence-corrected chi connectivity index (χ3v) is 3.57. The Hall–Kier alpha value is -2.36. The van der Waals surface area contributed by atoms with E-state index in [0.717, 1.165) is 46.7 Å². The highest BCUT2D eigenvalue weighted by Crippen LogP contribution is 2.24. The average Bonchev–Trinajstić information content (AvgIpc) is 2.96. The van der Waals surface area contributed by atoms with Gasteiger partial charge in [0.05, 0.1) is 19.0 Å². The minimum atomic E-state index is 0.834. The van der Waals surface area contributed by atoms with E-state index in [-0.39, 0.29) is 0 Å². The normalized spacial score (nSPS) is 11.0. The highest BCUT2D eigenvalue weighted by molar-refractivity contribution is 5.79. The van der Waals surface area contributed by atoms with Gasteiger partial charge in [0.2, 0.25) is 0 Å². The van der Waals surface area contributed by atoms with Crippen LogP contribution >= 0.6 is 0 Å². The molecule has 1 N–H and O–H groups in total. The molecule has 0 aliphatic heterocycles. The number of aromatic nitrogens is 3. The van der Waals surface area contributed by atoms with Gasteiger partial charge in [-0.2, -0.15) is 0 Å². The number of rotatable bonds is 5. The molecule has 0 atom stereocenters. The van der Waals surface area contributed by atoms with Crippen molar-refractivity contribution in [3.63, 3.8) is 0 Å². The van der Waals surface area contributed by atoms with Crippen LogP contribution < -0.4 is 4.74 Å². The minimum absolute atomic E-state index is 0.834. The Morgan fingerprint density at radius 3 is 2.71 bits per heavy atom. The van der Waals surface area contributed by atoms with Crippen LogP contribution in [0.4, 0.5) is 0 Å². The van der Waals surface area contributed by atoms with E-state index in [0.29, 0.717) is 0 Å². The number of hydrogen-bond acceptors (Lipinski definition) is 3. The van der Waals surface area contributed by atoms with Gasteiger partial charge in [0.15, 0.2) is 5.65 Å². The van der Waals surface area contributed by atoms with Gasteiger partial charge in [-0.1, -0.05) is 13.3 Å². The largest absolute Gasteiger partial charge is 0.497 e. The van der Waals surface area contributed by atoms with Gasteiger partial charge in [0.25, 0.3) is 0 Å². The van der Waals surface area contributed by atoms with Crippen molar-refractivity contribution in [1.82, 2.24) is 15.0 Å². The van der Waals surface area contributed by atoms with E-state index in [2.05, 4.69) is 27.9 Å². The van der Waals surface area contributed by atoms with Crippen LogP contribution in [0, 0.1) is 0 Å². The molecule has 0 radical (unpaired) electrons. The summed E-state index contributed by atoms with van der Waals surface area (Å²) in [6.45, 7) is 2.18. The maximum atomic E-state index is 5.18. The lowest BCUT2D eigenvalue weighted by Gasteiger charge is -2.00. The summed E-state index contributed by atoms with van der Waals surface area (Å²) in [5, 5.41) is 0. The molecule has 0 bridgehead atoms. The van der Waals surface area contributed by atoms with Crippen molar-refractivity contribution in [3.05, 3.63) is 42.2 Å². The fraction of sp³-hybridized carbons (Fsp3) is 0.294. The van der Waals surface area contributed by atoms with Crippen molar-refractivity contribution >= 4 is 11.2 Å². The number of H-pyrrole nitrogens is 1. The van der Waals surface area contributed by atoms with Gasteiger partial charge in [-0.15, -0.1) is 0 Å². The molecule has 108 valence electrons. The summed E-state index contributed by atoms with van der Waals surface area (Å²) < 4.78 is 5.18. The molecular formula is C17H19N3O. The highest BCUT2D eigenvalue weighted by Gasteiger charge is 2.07. The molecule has 0 spiro atoms. The fourth-order valence-electron chi connectivity index (χ4n) is 2.34. The Bertz CT molecular complexity index is 731. The molecule has 0 saturated heterocycles. The Morgan fingerprint density at radius 1 is 1.19 bits per heavy atom. The second kappa shape index (κ2) is 5.95. The average molecular weight is 281 g/mol. The number of methoxy groups -OCH3 is 1. The van der Waals surface area contributed by atoms with Crippen LogP contribution in [0.25, 0.3) is 22.4 Å². The summed E-state index contributed by atoms with van der Waals surface area (Å²) in [5.74, 6) is 0.855. The summed E-state index contributed by atoms with van der Waals surface area (Å²) >= 11 is 0. The number of fused-ring (bicyclic) bond motifs is 1. The summed E-state index contributed by atoms with van der Waals surface area (Å²) in [6, 6.07) is 10.0. The van der Waals surface area contributed by atoms with Crippen LogP contribution in [-0.4, -0.2) is 22.1 Å². The number of unbranched alkanes of at least 4 members (excludes halogenated alkanes) is 1. The molecule has 0 aliphatic rings. The SMILES string of the molecule is CCCCc1cnc2[nH]c(-c3ccc(OC)cc3)cc2n1. The molecule has 0 fully saturated rings. The van der Waals surface area contributed by atoms with Crippen molar-refractivity contribution in [2.45, 2.75) is 26.2 Å². The molecule has 4 nitrogen and oxygen atoms in total. The molecule has 2 aromatic heterocycles. The molecule has 1 aromatic carbocycles. The van der Waals surface area contributed by atoms with Gasteiger partial charge in [0.1, 0.15) is 11.3 Å². The Morgan fingerprint density at radius 2 is 2.00 bits per heavy atom. The first-order valence-corrected chi connectivity index (χ1v) is 7.29. The molecule has 0 saturated carbocycles. The molecule has 0 amide bonds. The first-order valence-electron chi connectivity index (χ1n) is 7.29. The van der Waals surface area contributed by atoms with E-state index in [1.165, 1.54) is 6.42 Å². The second-order valence-corrected chi connectivity index (χ2v) is 5.11. The summed E-state index contributed by atoms with van der Waals surface area (Å²) in [5.41, 5.74) is 4.95. The van der Waals surface area contributed by atoms with E-state index in [4.69, 9.17) is 4.74 Å². The Labute approximate surface area is 124 Å². The first-order chi connectivity index (χ1) is 10.3. The van der Waals surface area contributed by atoms with E-state index in [9.17, 15) is 0 Å². The number of hydrogen-bond donors (Lipinski definition) is 1. The van der Waals surface area contributed by atoms with Crippen LogP contribution in [0.3, 0.4) is 0 Å². The topological polar surface area (TPSA) is 50.8 Å². The van der Waals surface area contributed by atoms with Crippen LogP contribution in [-0.2, 0) is 6.42 Å². The van der Waals surface area contributed by atoms with E-state index < -0.39 is 0 Å². The van der Waals surface area contributed by atoms with Gasteiger partial charge < -0.3 is 9.72 Å². The number of ether oxygens (including phenoxy) is 1. The zero-order valence-corrected chi connectivity index (χ0v) is 12.4. The summed E-state index contributed by atoms with van der Waals surface area (Å²) in [4.78, 5) is 12.5. The smallest absolute Gasteiger partial charge is 0.156 e. The van der Waals surface area contributed by atoms with Crippen molar-refractivity contribution in [2.75, 3.05) is 7.11 Å². The predicted molar refractivity (Wildman–Crippen MR) is 84.5 cm³/mol. The van der Waals surface area contributed by atoms with Gasteiger partial charge in [-0.3, -0.25) is 0 Å². The van der Waals surface area contributed by atoms with E-state index in [1.807, 2.05) is 30.5 Å². The van der Waals surface area contributed by atoms with Gasteiger partial charge in [-0.05, 0) is 48.7 Å². The maximum Gasteiger partial charge on any atom is 0.156 e. The third kappa shape index (κ3) is 2.89. The maximum absolute atomic E-state index is 5.18. The number of aryl methyl sites for hydroxylation is 1. The molecule has 3 rings (SSSR count). The van der Waals surface area contributed by atoms with Crippen LogP contribution in [0.2, 0.25) is 0 Å². The predicted octanol–water partition coefficient (Wildman–Crippen LogP) is 3.98. The summed E-state index contributed by atoms with van der Waals surface area (Å²) in [7, 11) is 1.67. The van der Waals surface area contributed by atoms with Gasteiger partial charge in [-0.25, -0.2) is 9.97 Å². The lowest BCUT2D eigenvalue weighted by molar-refractivity contribution is 0.415. The summed E-state index contributed by atoms with van der Waals surface area (Å²) in [6.07, 6.45) is 5.18. The lowest BCUT2D eigenvalue weighted by Crippen LogP contribution is -1.91. The zero-order valence-electron chi connectivity index (χ0n) is 12.4. The zero-order chi connectivity index (χ0) is 14.7. The minimum Gasteiger partial charge on any atom is -0.497 e. The van der Waals surface area contributed by atoms with Crippen LogP contribution in [0.5, 0.6) is 5.75 Å². The van der Waals surface area contributed by atoms with E-state index >= 15 is 0 Å². The second-order valence-electron chi connectivity index (χ2n) is 5.11. The molecule has 0 aliphatic carbocycles. The molecular weight excluding hydrogens is 262 g/mol. The van der Waals surface area contributed by atoms with Crippen molar-refractivity contribution in [2.24, 2.45) is 0 Å². The number of nitrogens with one attached hydrogen (secondary N) is 1. The first kappa shape index (κ1) is 13.6. The van der Waals surface area contributed by atoms with Gasteiger partial charge >= 0.3 is 0 Å². The highest BCUT2D eigenvalue weighted by atomic mass is 16.5. The Balaban J connectivity index is 1.92. The van der Waals surface area contributed by atoms with Crippen LogP contribution in [0.15, 0.2) is 36.5 Å². The standard InChI is InChI=1S/C17H19N3O/c1-3-4-5-13-11-18-17-16(19-13)10-15(20-17)12-6-8-14(21-2)9-7-12/h6-11H,3-5H2,1-2H3,(H,18,20). The lowest BCUT2D eigenvalue weighted by atomic mass is 10.1. The van der Waals surface area contributed by atoms with Crippen molar-refractivity contribution in [3.8, 4) is 17.0 Å². The fourth-order valence-corrected chi connectivity index (χ4v) is 2.34. The number of benzene rings is 1. The number of nitrogens with zero attached hydrogens (tertiary/aromatic N) is 2. The van der Waals surface area contributed by atoms with Crippen molar-refractivity contribution in [1.29, 1.82) is 0 Å². The van der Waals surface area contributed by atoms with Crippen LogP contribution in [0.1, 0.15) is 25.5 Å². The Kier molecular flexibility index (Phi) is 3.86. The van der Waals surface area contributed by atoms with Gasteiger partial charge in [0, 0.05) is 5.69 Å². The van der Waals surface area contributed by atoms with Crippen molar-refractivity contribution < 1.29 is 4.74 Å². The quantitative estimate of drug-likeness (QED) is 0.769. The molecule has 21 heavy (non-hydrogen) atoms.